The van der Waals surface area contributed by atoms with Gasteiger partial charge in [-0.05, 0) is 56.3 Å². The standard InChI is InChI=1S/C23H29N3O2S/c1-5-25(6-2)12-13-26(21(27)16-28-19-10-8-7-9-11-19)23-24-20-15-17(3)14-18(4)22(20)29-23/h7-11,14-15H,5-6,12-13,16H2,1-4H3. The minimum atomic E-state index is -0.0746. The highest BCUT2D eigenvalue weighted by molar-refractivity contribution is 7.22. The first-order chi connectivity index (χ1) is 14.0. The topological polar surface area (TPSA) is 45.7 Å². The minimum Gasteiger partial charge on any atom is -0.484 e. The van der Waals surface area contributed by atoms with Crippen molar-refractivity contribution >= 4 is 32.6 Å². The van der Waals surface area contributed by atoms with E-state index in [1.807, 2.05) is 30.3 Å². The van der Waals surface area contributed by atoms with Gasteiger partial charge < -0.3 is 9.64 Å². The molecule has 1 heterocycles. The van der Waals surface area contributed by atoms with E-state index in [4.69, 9.17) is 9.72 Å². The van der Waals surface area contributed by atoms with Gasteiger partial charge in [-0.15, -0.1) is 0 Å². The molecule has 3 aromatic rings. The molecule has 0 fully saturated rings. The van der Waals surface area contributed by atoms with E-state index < -0.39 is 0 Å². The average molecular weight is 412 g/mol. The van der Waals surface area contributed by atoms with Gasteiger partial charge in [0.2, 0.25) is 0 Å². The zero-order valence-corrected chi connectivity index (χ0v) is 18.5. The third-order valence-corrected chi connectivity index (χ3v) is 6.21. The molecule has 0 atom stereocenters. The number of hydrogen-bond acceptors (Lipinski definition) is 5. The SMILES string of the molecule is CCN(CC)CCN(C(=O)COc1ccccc1)c1nc2cc(C)cc(C)c2s1. The summed E-state index contributed by atoms with van der Waals surface area (Å²) in [6, 6.07) is 13.7. The van der Waals surface area contributed by atoms with Crippen molar-refractivity contribution in [3.63, 3.8) is 0 Å². The number of rotatable bonds is 9. The van der Waals surface area contributed by atoms with E-state index in [1.165, 1.54) is 11.1 Å². The molecular weight excluding hydrogens is 382 g/mol. The Balaban J connectivity index is 1.83. The first kappa shape index (κ1) is 21.3. The van der Waals surface area contributed by atoms with Crippen LogP contribution in [0, 0.1) is 13.8 Å². The summed E-state index contributed by atoms with van der Waals surface area (Å²) in [5.74, 6) is 0.620. The molecule has 5 nitrogen and oxygen atoms in total. The van der Waals surface area contributed by atoms with E-state index in [-0.39, 0.29) is 12.5 Å². The van der Waals surface area contributed by atoms with Gasteiger partial charge in [-0.3, -0.25) is 9.69 Å². The first-order valence-corrected chi connectivity index (χ1v) is 10.9. The van der Waals surface area contributed by atoms with E-state index in [2.05, 4.69) is 44.7 Å². The molecule has 0 spiro atoms. The molecule has 6 heteroatoms. The molecule has 0 unspecified atom stereocenters. The second-order valence-corrected chi connectivity index (χ2v) is 8.08. The summed E-state index contributed by atoms with van der Waals surface area (Å²) in [5, 5.41) is 0.738. The largest absolute Gasteiger partial charge is 0.484 e. The van der Waals surface area contributed by atoms with E-state index in [9.17, 15) is 4.79 Å². The lowest BCUT2D eigenvalue weighted by atomic mass is 10.1. The van der Waals surface area contributed by atoms with Crippen molar-refractivity contribution in [3.8, 4) is 5.75 Å². The number of thiazole rings is 1. The van der Waals surface area contributed by atoms with Crippen molar-refractivity contribution in [1.82, 2.24) is 9.88 Å². The van der Waals surface area contributed by atoms with Gasteiger partial charge in [0.25, 0.3) is 5.91 Å². The van der Waals surface area contributed by atoms with Crippen molar-refractivity contribution in [2.24, 2.45) is 0 Å². The Morgan fingerprint density at radius 1 is 1.07 bits per heavy atom. The third kappa shape index (κ3) is 5.34. The summed E-state index contributed by atoms with van der Waals surface area (Å²) in [6.07, 6.45) is 0. The van der Waals surface area contributed by atoms with Gasteiger partial charge >= 0.3 is 0 Å². The van der Waals surface area contributed by atoms with Crippen molar-refractivity contribution in [2.75, 3.05) is 37.7 Å². The van der Waals surface area contributed by atoms with Crippen molar-refractivity contribution in [2.45, 2.75) is 27.7 Å². The zero-order chi connectivity index (χ0) is 20.8. The van der Waals surface area contributed by atoms with Gasteiger partial charge in [-0.2, -0.15) is 0 Å². The van der Waals surface area contributed by atoms with Gasteiger partial charge in [-0.25, -0.2) is 4.98 Å². The third-order valence-electron chi connectivity index (χ3n) is 4.98. The van der Waals surface area contributed by atoms with E-state index in [1.54, 1.807) is 16.2 Å². The molecule has 0 N–H and O–H groups in total. The number of fused-ring (bicyclic) bond motifs is 1. The Kier molecular flexibility index (Phi) is 7.23. The van der Waals surface area contributed by atoms with Gasteiger partial charge in [0.15, 0.2) is 11.7 Å². The fraction of sp³-hybridized carbons (Fsp3) is 0.391. The average Bonchev–Trinajstić information content (AvgIpc) is 3.14. The summed E-state index contributed by atoms with van der Waals surface area (Å²) in [5.41, 5.74) is 3.33. The molecule has 1 aromatic heterocycles. The highest BCUT2D eigenvalue weighted by atomic mass is 32.1. The van der Waals surface area contributed by atoms with Crippen molar-refractivity contribution < 1.29 is 9.53 Å². The van der Waals surface area contributed by atoms with Crippen LogP contribution in [-0.4, -0.2) is 48.6 Å². The van der Waals surface area contributed by atoms with Gasteiger partial charge in [0, 0.05) is 13.1 Å². The van der Waals surface area contributed by atoms with Crippen LogP contribution in [0.4, 0.5) is 5.13 Å². The summed E-state index contributed by atoms with van der Waals surface area (Å²) in [7, 11) is 0. The molecule has 0 aliphatic heterocycles. The zero-order valence-electron chi connectivity index (χ0n) is 17.6. The number of aryl methyl sites for hydroxylation is 2. The van der Waals surface area contributed by atoms with E-state index >= 15 is 0 Å². The summed E-state index contributed by atoms with van der Waals surface area (Å²) in [4.78, 5) is 22.0. The second-order valence-electron chi connectivity index (χ2n) is 7.10. The highest BCUT2D eigenvalue weighted by Gasteiger charge is 2.21. The number of ether oxygens (including phenoxy) is 1. The second kappa shape index (κ2) is 9.85. The Labute approximate surface area is 176 Å². The van der Waals surface area contributed by atoms with Gasteiger partial charge in [0.1, 0.15) is 5.75 Å². The molecular formula is C23H29N3O2S. The maximum Gasteiger partial charge on any atom is 0.266 e. The Morgan fingerprint density at radius 2 is 1.79 bits per heavy atom. The number of amides is 1. The molecule has 154 valence electrons. The number of nitrogens with zero attached hydrogens (tertiary/aromatic N) is 3. The van der Waals surface area contributed by atoms with E-state index in [0.29, 0.717) is 12.3 Å². The van der Waals surface area contributed by atoms with Crippen LogP contribution in [0.1, 0.15) is 25.0 Å². The predicted octanol–water partition coefficient (Wildman–Crippen LogP) is 4.67. The Bertz CT molecular complexity index is 951. The predicted molar refractivity (Wildman–Crippen MR) is 121 cm³/mol. The molecule has 1 amide bonds. The van der Waals surface area contributed by atoms with Crippen LogP contribution in [0.15, 0.2) is 42.5 Å². The lowest BCUT2D eigenvalue weighted by Crippen LogP contribution is -2.41. The molecule has 0 saturated heterocycles. The molecule has 29 heavy (non-hydrogen) atoms. The Hall–Kier alpha value is -2.44. The van der Waals surface area contributed by atoms with Crippen LogP contribution in [-0.2, 0) is 4.79 Å². The van der Waals surface area contributed by atoms with E-state index in [0.717, 1.165) is 35.0 Å². The molecule has 0 radical (unpaired) electrons. The smallest absolute Gasteiger partial charge is 0.266 e. The quantitative estimate of drug-likeness (QED) is 0.513. The fourth-order valence-corrected chi connectivity index (χ4v) is 4.39. The lowest BCUT2D eigenvalue weighted by molar-refractivity contribution is -0.120. The number of carbonyl (C=O) groups excluding carboxylic acids is 1. The number of aromatic nitrogens is 1. The normalized spacial score (nSPS) is 11.2. The van der Waals surface area contributed by atoms with Crippen LogP contribution in [0.2, 0.25) is 0 Å². The molecule has 0 aliphatic carbocycles. The van der Waals surface area contributed by atoms with Crippen LogP contribution < -0.4 is 9.64 Å². The summed E-state index contributed by atoms with van der Waals surface area (Å²) < 4.78 is 6.85. The molecule has 0 bridgehead atoms. The number of likely N-dealkylation sites (N-methyl/N-ethyl adjacent to an activating group) is 1. The van der Waals surface area contributed by atoms with Crippen LogP contribution in [0.5, 0.6) is 5.75 Å². The monoisotopic (exact) mass is 411 g/mol. The molecule has 2 aromatic carbocycles. The Morgan fingerprint density at radius 3 is 2.48 bits per heavy atom. The molecule has 0 saturated carbocycles. The minimum absolute atomic E-state index is 0.00377. The van der Waals surface area contributed by atoms with Crippen molar-refractivity contribution in [3.05, 3.63) is 53.6 Å². The van der Waals surface area contributed by atoms with Crippen LogP contribution in [0.3, 0.4) is 0 Å². The summed E-state index contributed by atoms with van der Waals surface area (Å²) in [6.45, 7) is 11.7. The van der Waals surface area contributed by atoms with Crippen molar-refractivity contribution in [1.29, 1.82) is 0 Å². The molecule has 3 rings (SSSR count). The van der Waals surface area contributed by atoms with Crippen LogP contribution in [0.25, 0.3) is 10.2 Å². The number of hydrogen-bond donors (Lipinski definition) is 0. The number of carbonyl (C=O) groups is 1. The number of para-hydroxylation sites is 1. The molecule has 0 aliphatic rings. The maximum atomic E-state index is 13.1. The summed E-state index contributed by atoms with van der Waals surface area (Å²) >= 11 is 1.58. The van der Waals surface area contributed by atoms with Crippen LogP contribution >= 0.6 is 11.3 Å². The lowest BCUT2D eigenvalue weighted by Gasteiger charge is -2.24. The first-order valence-electron chi connectivity index (χ1n) is 10.1. The highest BCUT2D eigenvalue weighted by Crippen LogP contribution is 2.32. The number of anilines is 1. The van der Waals surface area contributed by atoms with Gasteiger partial charge in [-0.1, -0.05) is 49.4 Å². The number of benzene rings is 2. The van der Waals surface area contributed by atoms with Gasteiger partial charge in [0.05, 0.1) is 10.2 Å². The fourth-order valence-electron chi connectivity index (χ4n) is 3.33. The maximum absolute atomic E-state index is 13.1.